The molecule has 5 amide bonds. The van der Waals surface area contributed by atoms with Crippen LogP contribution in [0.4, 0.5) is 0 Å². The maximum atomic E-state index is 13.5. The number of nitrogens with zero attached hydrogens (tertiary/aromatic N) is 1. The molecular weight excluding hydrogens is 690 g/mol. The molecule has 6 N–H and O–H groups in total. The standard InChI is InChI=1S/C29H37Br2N5O7/c1-17(37)25(35-27(40)24(31)23(30)19-12-8-5-9-13-19)28(41)34-21(16-18-10-6-4-7-11-18)26(39)33-20(14-15-22(32)38)29(42)36(2)43-3/h4-13,17,20-21,23-25,37H,14-16H2,1-3H3,(H2,32,38)(H,33,39)(H,34,41)(H,35,40)/t17-,20+,21+,23?,24?,25+/m1/s1. The van der Waals surface area contributed by atoms with Crippen LogP contribution >= 0.6 is 31.9 Å². The molecule has 0 aliphatic rings. The quantitative estimate of drug-likeness (QED) is 0.128. The van der Waals surface area contributed by atoms with E-state index in [-0.39, 0.29) is 19.3 Å². The van der Waals surface area contributed by atoms with Gasteiger partial charge in [0.05, 0.1) is 18.0 Å². The first-order chi connectivity index (χ1) is 20.3. The first kappa shape index (κ1) is 35.9. The van der Waals surface area contributed by atoms with Crippen LogP contribution in [0.5, 0.6) is 0 Å². The van der Waals surface area contributed by atoms with Crippen molar-refractivity contribution in [1.82, 2.24) is 21.0 Å². The molecule has 0 bridgehead atoms. The smallest absolute Gasteiger partial charge is 0.268 e. The number of alkyl halides is 2. The average molecular weight is 727 g/mol. The van der Waals surface area contributed by atoms with Crippen LogP contribution in [0.1, 0.15) is 35.7 Å². The third-order valence-electron chi connectivity index (χ3n) is 6.48. The van der Waals surface area contributed by atoms with Crippen molar-refractivity contribution in [2.45, 2.75) is 60.1 Å². The Labute approximate surface area is 267 Å². The summed E-state index contributed by atoms with van der Waals surface area (Å²) in [6, 6.07) is 14.1. The van der Waals surface area contributed by atoms with Gasteiger partial charge in [0.25, 0.3) is 5.91 Å². The minimum absolute atomic E-state index is 0.0221. The van der Waals surface area contributed by atoms with E-state index >= 15 is 0 Å². The highest BCUT2D eigenvalue weighted by Crippen LogP contribution is 2.31. The molecule has 0 spiro atoms. The lowest BCUT2D eigenvalue weighted by Crippen LogP contribution is -2.60. The van der Waals surface area contributed by atoms with Gasteiger partial charge in [-0.25, -0.2) is 5.06 Å². The molecule has 0 aromatic heterocycles. The SMILES string of the molecule is CON(C)C(=O)[C@H](CCC(N)=O)NC(=O)[C@H](Cc1ccccc1)NC(=O)[C@@H](NC(=O)C(Br)C(Br)c1ccccc1)[C@@H](C)O. The maximum Gasteiger partial charge on any atom is 0.268 e. The normalized spacial score (nSPS) is 15.1. The number of aliphatic hydroxyl groups is 1. The summed E-state index contributed by atoms with van der Waals surface area (Å²) in [7, 11) is 2.61. The molecule has 0 saturated carbocycles. The number of amides is 5. The van der Waals surface area contributed by atoms with Gasteiger partial charge in [0, 0.05) is 19.9 Å². The van der Waals surface area contributed by atoms with Crippen molar-refractivity contribution >= 4 is 61.4 Å². The molecule has 0 aliphatic carbocycles. The van der Waals surface area contributed by atoms with Gasteiger partial charge in [-0.2, -0.15) is 0 Å². The maximum absolute atomic E-state index is 13.5. The zero-order chi connectivity index (χ0) is 32.1. The Morgan fingerprint density at radius 1 is 0.884 bits per heavy atom. The molecule has 2 aromatic rings. The van der Waals surface area contributed by atoms with Gasteiger partial charge in [-0.05, 0) is 24.5 Å². The number of aliphatic hydroxyl groups excluding tert-OH is 1. The second kappa shape index (κ2) is 17.7. The van der Waals surface area contributed by atoms with Crippen LogP contribution in [0.2, 0.25) is 0 Å². The number of carbonyl (C=O) groups excluding carboxylic acids is 5. The molecule has 0 heterocycles. The van der Waals surface area contributed by atoms with Gasteiger partial charge in [-0.3, -0.25) is 28.8 Å². The average Bonchev–Trinajstić information content (AvgIpc) is 3.00. The number of hydroxylamine groups is 2. The largest absolute Gasteiger partial charge is 0.391 e. The molecule has 0 fully saturated rings. The number of nitrogens with one attached hydrogen (secondary N) is 3. The fourth-order valence-electron chi connectivity index (χ4n) is 4.02. The van der Waals surface area contributed by atoms with Crippen LogP contribution in [-0.2, 0) is 35.2 Å². The Bertz CT molecular complexity index is 1240. The lowest BCUT2D eigenvalue weighted by atomic mass is 10.0. The van der Waals surface area contributed by atoms with E-state index < -0.39 is 63.4 Å². The Kier molecular flexibility index (Phi) is 14.8. The predicted octanol–water partition coefficient (Wildman–Crippen LogP) is 1.25. The van der Waals surface area contributed by atoms with Crippen molar-refractivity contribution in [3.63, 3.8) is 0 Å². The zero-order valence-electron chi connectivity index (χ0n) is 24.0. The number of hydrogen-bond donors (Lipinski definition) is 5. The third-order valence-corrected chi connectivity index (χ3v) is 9.19. The van der Waals surface area contributed by atoms with E-state index in [1.807, 2.05) is 30.3 Å². The zero-order valence-corrected chi connectivity index (χ0v) is 27.2. The van der Waals surface area contributed by atoms with Crippen molar-refractivity contribution in [3.8, 4) is 0 Å². The van der Waals surface area contributed by atoms with Gasteiger partial charge < -0.3 is 26.8 Å². The number of nitrogens with two attached hydrogens (primary N) is 1. The molecular formula is C29H37Br2N5O7. The van der Waals surface area contributed by atoms with E-state index in [1.54, 1.807) is 30.3 Å². The first-order valence-corrected chi connectivity index (χ1v) is 15.2. The van der Waals surface area contributed by atoms with Crippen LogP contribution in [0, 0.1) is 0 Å². The van der Waals surface area contributed by atoms with Crippen LogP contribution in [0.15, 0.2) is 60.7 Å². The van der Waals surface area contributed by atoms with E-state index in [0.29, 0.717) is 5.56 Å². The van der Waals surface area contributed by atoms with Gasteiger partial charge in [0.2, 0.25) is 23.6 Å². The van der Waals surface area contributed by atoms with E-state index in [4.69, 9.17) is 10.6 Å². The van der Waals surface area contributed by atoms with Crippen LogP contribution in [-0.4, -0.2) is 82.9 Å². The molecule has 0 saturated heterocycles. The van der Waals surface area contributed by atoms with E-state index in [2.05, 4.69) is 47.8 Å². The summed E-state index contributed by atoms with van der Waals surface area (Å²) in [5, 5.41) is 19.1. The number of rotatable bonds is 16. The minimum Gasteiger partial charge on any atom is -0.391 e. The van der Waals surface area contributed by atoms with E-state index in [0.717, 1.165) is 10.6 Å². The fourth-order valence-corrected chi connectivity index (χ4v) is 5.01. The highest BCUT2D eigenvalue weighted by atomic mass is 79.9. The fraction of sp³-hybridized carbons (Fsp3) is 0.414. The molecule has 14 heteroatoms. The topological polar surface area (TPSA) is 180 Å². The first-order valence-electron chi connectivity index (χ1n) is 13.4. The number of benzene rings is 2. The van der Waals surface area contributed by atoms with E-state index in [1.165, 1.54) is 21.1 Å². The Morgan fingerprint density at radius 2 is 1.44 bits per heavy atom. The lowest BCUT2D eigenvalue weighted by Gasteiger charge is -2.28. The summed E-state index contributed by atoms with van der Waals surface area (Å²) in [6.45, 7) is 1.34. The summed E-state index contributed by atoms with van der Waals surface area (Å²) in [4.78, 5) is 67.9. The van der Waals surface area contributed by atoms with Crippen molar-refractivity contribution < 1.29 is 33.9 Å². The van der Waals surface area contributed by atoms with Gasteiger partial charge in [-0.1, -0.05) is 92.5 Å². The van der Waals surface area contributed by atoms with Crippen LogP contribution in [0.3, 0.4) is 0 Å². The Hall–Kier alpha value is -3.33. The summed E-state index contributed by atoms with van der Waals surface area (Å²) in [5.74, 6) is -3.43. The summed E-state index contributed by atoms with van der Waals surface area (Å²) in [6.07, 6.45) is -1.59. The third kappa shape index (κ3) is 11.4. The molecule has 0 radical (unpaired) electrons. The minimum atomic E-state index is -1.42. The summed E-state index contributed by atoms with van der Waals surface area (Å²) in [5.41, 5.74) is 6.76. The van der Waals surface area contributed by atoms with Crippen molar-refractivity contribution in [3.05, 3.63) is 71.8 Å². The number of carbonyl (C=O) groups is 5. The van der Waals surface area contributed by atoms with Gasteiger partial charge >= 0.3 is 0 Å². The molecule has 234 valence electrons. The number of halogens is 2. The highest BCUT2D eigenvalue weighted by molar-refractivity contribution is 9.12. The van der Waals surface area contributed by atoms with Crippen LogP contribution < -0.4 is 21.7 Å². The Balaban J connectivity index is 2.26. The van der Waals surface area contributed by atoms with Gasteiger partial charge in [0.15, 0.2) is 0 Å². The molecule has 43 heavy (non-hydrogen) atoms. The predicted molar refractivity (Wildman–Crippen MR) is 167 cm³/mol. The van der Waals surface area contributed by atoms with E-state index in [9.17, 15) is 29.1 Å². The summed E-state index contributed by atoms with van der Waals surface area (Å²) < 4.78 is 0. The highest BCUT2D eigenvalue weighted by Gasteiger charge is 2.34. The number of primary amides is 1. The molecule has 2 rings (SSSR count). The number of hydrogen-bond acceptors (Lipinski definition) is 7. The monoisotopic (exact) mass is 725 g/mol. The molecule has 6 atom stereocenters. The lowest BCUT2D eigenvalue weighted by molar-refractivity contribution is -0.172. The Morgan fingerprint density at radius 3 is 1.98 bits per heavy atom. The van der Waals surface area contributed by atoms with Gasteiger partial charge in [0.1, 0.15) is 23.0 Å². The van der Waals surface area contributed by atoms with Crippen LogP contribution in [0.25, 0.3) is 0 Å². The number of likely N-dealkylation sites (N-methyl/N-ethyl adjacent to an activating group) is 1. The van der Waals surface area contributed by atoms with Crippen molar-refractivity contribution in [1.29, 1.82) is 0 Å². The molecule has 2 unspecified atom stereocenters. The molecule has 0 aliphatic heterocycles. The van der Waals surface area contributed by atoms with Crippen molar-refractivity contribution in [2.24, 2.45) is 5.73 Å². The second-order valence-electron chi connectivity index (χ2n) is 9.78. The van der Waals surface area contributed by atoms with Crippen molar-refractivity contribution in [2.75, 3.05) is 14.2 Å². The second-order valence-corrected chi connectivity index (χ2v) is 11.7. The summed E-state index contributed by atoms with van der Waals surface area (Å²) >= 11 is 6.85. The molecule has 12 nitrogen and oxygen atoms in total. The molecule has 2 aromatic carbocycles. The van der Waals surface area contributed by atoms with Gasteiger partial charge in [-0.15, -0.1) is 0 Å².